The summed E-state index contributed by atoms with van der Waals surface area (Å²) in [6.07, 6.45) is 11.1. The van der Waals surface area contributed by atoms with Gasteiger partial charge in [-0.2, -0.15) is 0 Å². The van der Waals surface area contributed by atoms with E-state index in [1.165, 1.54) is 0 Å². The number of ether oxygens (including phenoxy) is 4. The lowest BCUT2D eigenvalue weighted by molar-refractivity contribution is -0.255. The van der Waals surface area contributed by atoms with E-state index in [9.17, 15) is 15.0 Å². The number of carbonyl (C=O) groups is 1. The Bertz CT molecular complexity index is 1650. The average molecular weight is 773 g/mol. The van der Waals surface area contributed by atoms with E-state index in [1.807, 2.05) is 70.2 Å². The zero-order valence-corrected chi connectivity index (χ0v) is 34.0. The molecule has 1 fully saturated rings. The molecule has 0 radical (unpaired) electrons. The third-order valence-corrected chi connectivity index (χ3v) is 11.0. The lowest BCUT2D eigenvalue weighted by atomic mass is 9.55. The van der Waals surface area contributed by atoms with Gasteiger partial charge in [-0.15, -0.1) is 6.58 Å². The second-order valence-electron chi connectivity index (χ2n) is 16.4. The van der Waals surface area contributed by atoms with E-state index < -0.39 is 23.8 Å². The van der Waals surface area contributed by atoms with Gasteiger partial charge in [-0.05, 0) is 78.7 Å². The maximum Gasteiger partial charge on any atom is 0.410 e. The van der Waals surface area contributed by atoms with Gasteiger partial charge in [0.2, 0.25) is 5.79 Å². The first kappa shape index (κ1) is 43.0. The fraction of sp³-hybridized carbons (Fsp3) is 0.565. The highest BCUT2D eigenvalue weighted by Gasteiger charge is 2.65. The summed E-state index contributed by atoms with van der Waals surface area (Å²) in [5.41, 5.74) is 3.49. The van der Waals surface area contributed by atoms with Crippen molar-refractivity contribution in [3.63, 3.8) is 0 Å². The third kappa shape index (κ3) is 10.2. The molecule has 10 nitrogen and oxygen atoms in total. The molecule has 0 saturated heterocycles. The molecule has 1 aliphatic heterocycles. The summed E-state index contributed by atoms with van der Waals surface area (Å²) in [6, 6.07) is 15.2. The molecule has 6 unspecified atom stereocenters. The molecule has 3 aliphatic rings. The van der Waals surface area contributed by atoms with Gasteiger partial charge < -0.3 is 34.0 Å². The molecular weight excluding hydrogens is 709 g/mol. The van der Waals surface area contributed by atoms with Crippen LogP contribution in [-0.4, -0.2) is 78.3 Å². The number of nitrogens with zero attached hydrogens (tertiary/aromatic N) is 2. The van der Waals surface area contributed by atoms with Crippen LogP contribution in [0.3, 0.4) is 0 Å². The predicted molar refractivity (Wildman–Crippen MR) is 220 cm³/mol. The van der Waals surface area contributed by atoms with Gasteiger partial charge in [0.15, 0.2) is 0 Å². The highest BCUT2D eigenvalue weighted by atomic mass is 16.7. The van der Waals surface area contributed by atoms with Gasteiger partial charge in [-0.3, -0.25) is 4.90 Å². The van der Waals surface area contributed by atoms with E-state index in [1.54, 1.807) is 17.1 Å². The molecule has 10 heteroatoms. The van der Waals surface area contributed by atoms with E-state index in [4.69, 9.17) is 28.9 Å². The van der Waals surface area contributed by atoms with Gasteiger partial charge >= 0.3 is 6.09 Å². The Morgan fingerprint density at radius 1 is 1.02 bits per heavy atom. The zero-order valence-electron chi connectivity index (χ0n) is 34.0. The van der Waals surface area contributed by atoms with E-state index in [-0.39, 0.29) is 56.2 Å². The molecule has 306 valence electrons. The molecule has 2 N–H and O–H groups in total. The fourth-order valence-electron chi connectivity index (χ4n) is 8.63. The van der Waals surface area contributed by atoms with Crippen LogP contribution in [0.5, 0.6) is 11.5 Å². The first-order valence-corrected chi connectivity index (χ1v) is 20.5. The highest BCUT2D eigenvalue weighted by molar-refractivity contribution is 6.03. The van der Waals surface area contributed by atoms with Crippen molar-refractivity contribution in [2.24, 2.45) is 28.3 Å². The molecule has 0 aromatic heterocycles. The molecule has 2 aromatic carbocycles. The number of carbonyl (C=O) groups excluding carboxylic acids is 1. The van der Waals surface area contributed by atoms with Crippen molar-refractivity contribution in [2.45, 2.75) is 103 Å². The van der Waals surface area contributed by atoms with Gasteiger partial charge in [0.1, 0.15) is 30.8 Å². The van der Waals surface area contributed by atoms with Gasteiger partial charge in [0.25, 0.3) is 0 Å². The SMILES string of the molecule is C=CCOc1ccc2c(c1)C1C(CCCCO)C(CCCCO)C=C3C(=NOCc4ccccc4)CC(N(CCC)C(=O)OCC(C)(C)C)C(OCC=C)(O2)C31. The monoisotopic (exact) mass is 772 g/mol. The van der Waals surface area contributed by atoms with Crippen molar-refractivity contribution >= 4 is 11.8 Å². The number of aliphatic hydroxyl groups excluding tert-OH is 2. The topological polar surface area (TPSA) is 119 Å². The van der Waals surface area contributed by atoms with Crippen LogP contribution in [0.25, 0.3) is 0 Å². The fourth-order valence-corrected chi connectivity index (χ4v) is 8.63. The van der Waals surface area contributed by atoms with Gasteiger partial charge in [-0.1, -0.05) is 101 Å². The molecule has 56 heavy (non-hydrogen) atoms. The molecular formula is C46H64N2O8. The number of aliphatic hydroxyl groups is 2. The minimum Gasteiger partial charge on any atom is -0.490 e. The summed E-state index contributed by atoms with van der Waals surface area (Å²) < 4.78 is 26.5. The summed E-state index contributed by atoms with van der Waals surface area (Å²) >= 11 is 0. The number of oxime groups is 1. The normalized spacial score (nSPS) is 24.6. The molecule has 1 heterocycles. The largest absolute Gasteiger partial charge is 0.490 e. The quantitative estimate of drug-likeness (QED) is 0.0734. The Morgan fingerprint density at radius 2 is 1.75 bits per heavy atom. The van der Waals surface area contributed by atoms with Crippen LogP contribution < -0.4 is 9.47 Å². The Hall–Kier alpha value is -4.12. The van der Waals surface area contributed by atoms with Crippen LogP contribution in [0.15, 0.2) is 90.6 Å². The smallest absolute Gasteiger partial charge is 0.410 e. The third-order valence-electron chi connectivity index (χ3n) is 11.0. The number of benzene rings is 2. The number of fused-ring (bicyclic) bond motifs is 2. The molecule has 1 amide bonds. The van der Waals surface area contributed by atoms with E-state index in [0.29, 0.717) is 50.3 Å². The lowest BCUT2D eigenvalue weighted by Crippen LogP contribution is -2.70. The van der Waals surface area contributed by atoms with Crippen LogP contribution >= 0.6 is 0 Å². The van der Waals surface area contributed by atoms with Gasteiger partial charge in [-0.25, -0.2) is 4.79 Å². The van der Waals surface area contributed by atoms with E-state index in [2.05, 4.69) is 25.3 Å². The van der Waals surface area contributed by atoms with Crippen LogP contribution in [0.1, 0.15) is 96.1 Å². The number of hydrogen-bond donors (Lipinski definition) is 2. The zero-order chi connectivity index (χ0) is 40.1. The number of hydrogen-bond acceptors (Lipinski definition) is 9. The lowest BCUT2D eigenvalue weighted by Gasteiger charge is -2.60. The van der Waals surface area contributed by atoms with E-state index >= 15 is 0 Å². The predicted octanol–water partition coefficient (Wildman–Crippen LogP) is 8.98. The summed E-state index contributed by atoms with van der Waals surface area (Å²) in [5.74, 6) is -0.294. The van der Waals surface area contributed by atoms with Crippen LogP contribution in [0, 0.1) is 23.2 Å². The summed E-state index contributed by atoms with van der Waals surface area (Å²) in [6.45, 7) is 17.8. The minimum absolute atomic E-state index is 0.107. The maximum atomic E-state index is 14.4. The summed E-state index contributed by atoms with van der Waals surface area (Å²) in [5, 5.41) is 24.6. The molecule has 2 aliphatic carbocycles. The Morgan fingerprint density at radius 3 is 2.43 bits per heavy atom. The van der Waals surface area contributed by atoms with Gasteiger partial charge in [0.05, 0.1) is 24.8 Å². The second kappa shape index (κ2) is 20.3. The minimum atomic E-state index is -1.35. The van der Waals surface area contributed by atoms with Crippen molar-refractivity contribution in [1.29, 1.82) is 0 Å². The number of unbranched alkanes of at least 4 members (excludes halogenated alkanes) is 2. The van der Waals surface area contributed by atoms with Crippen molar-refractivity contribution in [1.82, 2.24) is 4.90 Å². The van der Waals surface area contributed by atoms with Crippen molar-refractivity contribution in [3.05, 3.63) is 96.6 Å². The first-order valence-electron chi connectivity index (χ1n) is 20.5. The summed E-state index contributed by atoms with van der Waals surface area (Å²) in [7, 11) is 0. The first-order chi connectivity index (χ1) is 27.1. The van der Waals surface area contributed by atoms with Crippen LogP contribution in [-0.2, 0) is 20.9 Å². The maximum absolute atomic E-state index is 14.4. The summed E-state index contributed by atoms with van der Waals surface area (Å²) in [4.78, 5) is 22.3. The Kier molecular flexibility index (Phi) is 15.6. The van der Waals surface area contributed by atoms with Crippen molar-refractivity contribution in [3.8, 4) is 11.5 Å². The van der Waals surface area contributed by atoms with Crippen LogP contribution in [0.4, 0.5) is 4.79 Å². The molecule has 1 saturated carbocycles. The highest BCUT2D eigenvalue weighted by Crippen LogP contribution is 2.62. The standard InChI is InChI=1S/C46H64N2O8/c1-7-23-48(44(51)53-32-45(4,5)6)41-30-39(47-55-31-33-17-11-10-12-18-33)37-28-34(19-13-15-24-49)36(20-14-16-25-50)42-38-29-35(52-26-8-2)21-22-40(38)56-46(41,43(37)42)54-27-9-3/h8-12,17-18,21-22,28-29,34,36,41-43,49-50H,2-3,7,13-16,19-20,23-27,30-32H2,1,4-6H3. The average Bonchev–Trinajstić information content (AvgIpc) is 3.19. The molecule has 5 rings (SSSR count). The second-order valence-corrected chi connectivity index (χ2v) is 16.4. The van der Waals surface area contributed by atoms with Crippen molar-refractivity contribution < 1.29 is 38.8 Å². The Balaban J connectivity index is 1.76. The molecule has 0 spiro atoms. The number of allylic oxidation sites excluding steroid dienone is 1. The number of amides is 1. The van der Waals surface area contributed by atoms with E-state index in [0.717, 1.165) is 48.1 Å². The van der Waals surface area contributed by atoms with Crippen molar-refractivity contribution in [2.75, 3.05) is 39.6 Å². The number of rotatable bonds is 21. The molecule has 0 bridgehead atoms. The Labute approximate surface area is 334 Å². The molecule has 6 atom stereocenters. The van der Waals surface area contributed by atoms with Gasteiger partial charge in [0, 0.05) is 37.7 Å². The van der Waals surface area contributed by atoms with Crippen LogP contribution in [0.2, 0.25) is 0 Å². The molecule has 2 aromatic rings.